The smallest absolute Gasteiger partial charge is 0.318 e. The average molecular weight is 237 g/mol. The Balaban J connectivity index is 4.89. The van der Waals surface area contributed by atoms with Gasteiger partial charge in [-0.05, 0) is 6.92 Å². The predicted molar refractivity (Wildman–Crippen MR) is 35.9 cm³/mol. The van der Waals surface area contributed by atoms with Crippen LogP contribution < -0.4 is 0 Å². The van der Waals surface area contributed by atoms with Gasteiger partial charge in [0.15, 0.2) is 0 Å². The molecule has 3 nitrogen and oxygen atoms in total. The molecule has 0 saturated heterocycles. The van der Waals surface area contributed by atoms with Crippen LogP contribution in [-0.4, -0.2) is 24.5 Å². The standard InChI is InChI=1S/C6H5F6NO2/c1-2-13-15-4(14)3(5(7,8)9)6(10,11)12/h2-3H,1H3. The highest BCUT2D eigenvalue weighted by Crippen LogP contribution is 2.39. The van der Waals surface area contributed by atoms with Gasteiger partial charge >= 0.3 is 18.3 Å². The molecule has 0 saturated carbocycles. The Morgan fingerprint density at radius 1 is 1.20 bits per heavy atom. The second kappa shape index (κ2) is 4.49. The maximum absolute atomic E-state index is 11.8. The number of oxime groups is 1. The molecule has 0 aromatic heterocycles. The Morgan fingerprint density at radius 3 is 1.87 bits per heavy atom. The van der Waals surface area contributed by atoms with E-state index in [2.05, 4.69) is 9.99 Å². The van der Waals surface area contributed by atoms with Crippen molar-refractivity contribution < 1.29 is 36.0 Å². The topological polar surface area (TPSA) is 38.7 Å². The Labute approximate surface area is 79.7 Å². The van der Waals surface area contributed by atoms with Crippen LogP contribution in [0.2, 0.25) is 0 Å². The van der Waals surface area contributed by atoms with E-state index in [0.717, 1.165) is 13.1 Å². The van der Waals surface area contributed by atoms with Crippen molar-refractivity contribution in [2.45, 2.75) is 19.3 Å². The molecular formula is C6H5F6NO2. The summed E-state index contributed by atoms with van der Waals surface area (Å²) < 4.78 is 70.9. The second-order valence-corrected chi connectivity index (χ2v) is 2.29. The van der Waals surface area contributed by atoms with E-state index in [0.29, 0.717) is 0 Å². The van der Waals surface area contributed by atoms with Crippen LogP contribution in [0.25, 0.3) is 0 Å². The van der Waals surface area contributed by atoms with Crippen LogP contribution in [0.5, 0.6) is 0 Å². The van der Waals surface area contributed by atoms with Crippen molar-refractivity contribution in [1.82, 2.24) is 0 Å². The number of halogens is 6. The predicted octanol–water partition coefficient (Wildman–Crippen LogP) is 2.28. The van der Waals surface area contributed by atoms with E-state index in [4.69, 9.17) is 0 Å². The van der Waals surface area contributed by atoms with Gasteiger partial charge in [-0.3, -0.25) is 0 Å². The largest absolute Gasteiger partial charge is 0.411 e. The Kier molecular flexibility index (Phi) is 4.11. The lowest BCUT2D eigenvalue weighted by molar-refractivity contribution is -0.281. The first-order chi connectivity index (χ1) is 6.60. The number of carbonyl (C=O) groups is 1. The Bertz CT molecular complexity index is 241. The van der Waals surface area contributed by atoms with Gasteiger partial charge in [0.25, 0.3) is 0 Å². The van der Waals surface area contributed by atoms with E-state index >= 15 is 0 Å². The number of hydrogen-bond acceptors (Lipinski definition) is 3. The van der Waals surface area contributed by atoms with Crippen LogP contribution in [0, 0.1) is 5.92 Å². The quantitative estimate of drug-likeness (QED) is 0.320. The molecule has 9 heteroatoms. The lowest BCUT2D eigenvalue weighted by Crippen LogP contribution is -2.42. The molecule has 0 aliphatic heterocycles. The highest BCUT2D eigenvalue weighted by Gasteiger charge is 2.62. The van der Waals surface area contributed by atoms with Crippen molar-refractivity contribution in [3.8, 4) is 0 Å². The van der Waals surface area contributed by atoms with Crippen molar-refractivity contribution >= 4 is 12.2 Å². The summed E-state index contributed by atoms with van der Waals surface area (Å²) in [5.74, 6) is -6.68. The zero-order valence-electron chi connectivity index (χ0n) is 7.19. The number of alkyl halides is 6. The molecule has 0 spiro atoms. The van der Waals surface area contributed by atoms with Crippen LogP contribution in [0.3, 0.4) is 0 Å². The van der Waals surface area contributed by atoms with Gasteiger partial charge in [0.05, 0.1) is 0 Å². The van der Waals surface area contributed by atoms with Crippen LogP contribution in [0.1, 0.15) is 6.92 Å². The third-order valence-corrected chi connectivity index (χ3v) is 1.14. The molecule has 0 aromatic rings. The van der Waals surface area contributed by atoms with Crippen molar-refractivity contribution in [3.63, 3.8) is 0 Å². The summed E-state index contributed by atoms with van der Waals surface area (Å²) in [6.45, 7) is 1.16. The van der Waals surface area contributed by atoms with E-state index in [1.54, 1.807) is 0 Å². The van der Waals surface area contributed by atoms with Crippen LogP contribution in [0.15, 0.2) is 5.16 Å². The summed E-state index contributed by atoms with van der Waals surface area (Å²) in [4.78, 5) is 13.8. The molecule has 0 bridgehead atoms. The van der Waals surface area contributed by atoms with Gasteiger partial charge in [0, 0.05) is 6.21 Å². The van der Waals surface area contributed by atoms with E-state index in [1.165, 1.54) is 0 Å². The molecule has 0 aliphatic carbocycles. The zero-order chi connectivity index (χ0) is 12.3. The second-order valence-electron chi connectivity index (χ2n) is 2.29. The molecule has 0 rings (SSSR count). The number of rotatable bonds is 2. The van der Waals surface area contributed by atoms with Gasteiger partial charge in [0.1, 0.15) is 0 Å². The van der Waals surface area contributed by atoms with Crippen molar-refractivity contribution in [2.24, 2.45) is 11.1 Å². The number of hydrogen-bond donors (Lipinski definition) is 0. The molecule has 15 heavy (non-hydrogen) atoms. The minimum Gasteiger partial charge on any atom is -0.318 e. The van der Waals surface area contributed by atoms with Gasteiger partial charge in [-0.25, -0.2) is 4.79 Å². The summed E-state index contributed by atoms with van der Waals surface area (Å²) in [6, 6.07) is 0. The highest BCUT2D eigenvalue weighted by molar-refractivity contribution is 5.74. The molecular weight excluding hydrogens is 232 g/mol. The highest BCUT2D eigenvalue weighted by atomic mass is 19.4. The summed E-state index contributed by atoms with van der Waals surface area (Å²) in [7, 11) is 0. The first kappa shape index (κ1) is 13.7. The molecule has 0 amide bonds. The lowest BCUT2D eigenvalue weighted by Gasteiger charge is -2.19. The van der Waals surface area contributed by atoms with Gasteiger partial charge in [0.2, 0.25) is 5.92 Å². The van der Waals surface area contributed by atoms with Gasteiger partial charge in [-0.1, -0.05) is 5.16 Å². The van der Waals surface area contributed by atoms with Crippen molar-refractivity contribution in [3.05, 3.63) is 0 Å². The van der Waals surface area contributed by atoms with E-state index in [-0.39, 0.29) is 0 Å². The molecule has 88 valence electrons. The third kappa shape index (κ3) is 4.17. The van der Waals surface area contributed by atoms with Gasteiger partial charge < -0.3 is 4.84 Å². The lowest BCUT2D eigenvalue weighted by atomic mass is 10.1. The normalized spacial score (nSPS) is 13.6. The average Bonchev–Trinajstić information content (AvgIpc) is 1.94. The molecule has 0 fully saturated rings. The maximum Gasteiger partial charge on any atom is 0.411 e. The molecule has 0 N–H and O–H groups in total. The fourth-order valence-corrected chi connectivity index (χ4v) is 0.610. The fourth-order valence-electron chi connectivity index (χ4n) is 0.610. The molecule has 0 atom stereocenters. The Morgan fingerprint density at radius 2 is 1.60 bits per heavy atom. The van der Waals surface area contributed by atoms with Crippen LogP contribution in [0.4, 0.5) is 26.3 Å². The summed E-state index contributed by atoms with van der Waals surface area (Å²) in [6.07, 6.45) is -10.8. The van der Waals surface area contributed by atoms with E-state index in [1.807, 2.05) is 0 Å². The maximum atomic E-state index is 11.8. The number of nitrogens with zero attached hydrogens (tertiary/aromatic N) is 1. The molecule has 0 aromatic carbocycles. The first-order valence-corrected chi connectivity index (χ1v) is 3.43. The monoisotopic (exact) mass is 237 g/mol. The van der Waals surface area contributed by atoms with Crippen LogP contribution in [-0.2, 0) is 9.63 Å². The summed E-state index contributed by atoms with van der Waals surface area (Å²) >= 11 is 0. The first-order valence-electron chi connectivity index (χ1n) is 3.43. The third-order valence-electron chi connectivity index (χ3n) is 1.14. The molecule has 0 heterocycles. The van der Waals surface area contributed by atoms with E-state index in [9.17, 15) is 31.1 Å². The minimum absolute atomic E-state index is 0.738. The SMILES string of the molecule is CC=NOC(=O)C(C(F)(F)F)C(F)(F)F. The van der Waals surface area contributed by atoms with Crippen molar-refractivity contribution in [2.75, 3.05) is 0 Å². The summed E-state index contributed by atoms with van der Waals surface area (Å²) in [5.41, 5.74) is 0. The fraction of sp³-hybridized carbons (Fsp3) is 0.667. The minimum atomic E-state index is -5.75. The van der Waals surface area contributed by atoms with Crippen LogP contribution >= 0.6 is 0 Å². The molecule has 0 aliphatic rings. The molecule has 0 unspecified atom stereocenters. The van der Waals surface area contributed by atoms with Gasteiger partial charge in [-0.2, -0.15) is 26.3 Å². The van der Waals surface area contributed by atoms with E-state index < -0.39 is 24.2 Å². The van der Waals surface area contributed by atoms with Crippen molar-refractivity contribution in [1.29, 1.82) is 0 Å². The molecule has 0 radical (unpaired) electrons. The Hall–Kier alpha value is -1.28. The summed E-state index contributed by atoms with van der Waals surface area (Å²) in [5, 5.41) is 2.55. The number of carbonyl (C=O) groups excluding carboxylic acids is 1. The zero-order valence-corrected chi connectivity index (χ0v) is 7.19. The van der Waals surface area contributed by atoms with Gasteiger partial charge in [-0.15, -0.1) is 0 Å².